The minimum Gasteiger partial charge on any atom is -0.396 e. The van der Waals surface area contributed by atoms with E-state index in [1.807, 2.05) is 18.3 Å². The van der Waals surface area contributed by atoms with E-state index in [1.165, 1.54) is 11.1 Å². The maximum absolute atomic E-state index is 5.91. The van der Waals surface area contributed by atoms with E-state index < -0.39 is 0 Å². The fraction of sp³-hybridized carbons (Fsp3) is 0.350. The lowest BCUT2D eigenvalue weighted by Gasteiger charge is -2.24. The molecular weight excluding hydrogens is 298 g/mol. The van der Waals surface area contributed by atoms with Crippen LogP contribution in [0.15, 0.2) is 54.7 Å². The van der Waals surface area contributed by atoms with Gasteiger partial charge in [0, 0.05) is 11.4 Å². The van der Waals surface area contributed by atoms with Crippen LogP contribution in [0, 0.1) is 6.92 Å². The van der Waals surface area contributed by atoms with Crippen molar-refractivity contribution in [2.75, 3.05) is 20.7 Å². The largest absolute Gasteiger partial charge is 0.396 e. The summed E-state index contributed by atoms with van der Waals surface area (Å²) in [6.07, 6.45) is 3.85. The molecule has 0 fully saturated rings. The van der Waals surface area contributed by atoms with E-state index >= 15 is 0 Å². The van der Waals surface area contributed by atoms with Gasteiger partial charge < -0.3 is 9.74 Å². The first-order chi connectivity index (χ1) is 11.6. The summed E-state index contributed by atoms with van der Waals surface area (Å²) < 4.78 is 0. The monoisotopic (exact) mass is 323 g/mol. The number of aromatic nitrogens is 2. The number of fused-ring (bicyclic) bond motifs is 1. The van der Waals surface area contributed by atoms with Gasteiger partial charge in [-0.25, -0.2) is 0 Å². The second-order valence-electron chi connectivity index (χ2n) is 6.45. The SMILES string of the molecule is Cc1cccc2c1cnn2OCCC(Cc1ccccc1)N(C)C. The number of benzene rings is 2. The second kappa shape index (κ2) is 7.49. The smallest absolute Gasteiger partial charge is 0.118 e. The van der Waals surface area contributed by atoms with Crippen molar-refractivity contribution < 1.29 is 4.84 Å². The normalized spacial score (nSPS) is 12.7. The highest BCUT2D eigenvalue weighted by Crippen LogP contribution is 2.17. The molecule has 0 radical (unpaired) electrons. The van der Waals surface area contributed by atoms with Gasteiger partial charge in [0.25, 0.3) is 0 Å². The van der Waals surface area contributed by atoms with Gasteiger partial charge in [0.05, 0.1) is 6.20 Å². The molecule has 0 aliphatic carbocycles. The van der Waals surface area contributed by atoms with Crippen LogP contribution in [0.1, 0.15) is 17.5 Å². The van der Waals surface area contributed by atoms with Crippen LogP contribution in [0.3, 0.4) is 0 Å². The zero-order valence-electron chi connectivity index (χ0n) is 14.6. The molecule has 1 aromatic heterocycles. The molecule has 2 aromatic carbocycles. The molecular formula is C20H25N3O. The zero-order chi connectivity index (χ0) is 16.9. The summed E-state index contributed by atoms with van der Waals surface area (Å²) in [5.41, 5.74) is 3.61. The molecule has 0 bridgehead atoms. The molecule has 0 aliphatic heterocycles. The van der Waals surface area contributed by atoms with Gasteiger partial charge in [-0.2, -0.15) is 0 Å². The van der Waals surface area contributed by atoms with Crippen LogP contribution in [-0.4, -0.2) is 41.6 Å². The van der Waals surface area contributed by atoms with Gasteiger partial charge in [-0.05, 0) is 51.1 Å². The third kappa shape index (κ3) is 3.77. The summed E-state index contributed by atoms with van der Waals surface area (Å²) in [7, 11) is 4.25. The lowest BCUT2D eigenvalue weighted by atomic mass is 10.0. The molecule has 1 atom stereocenters. The Hall–Kier alpha value is -2.33. The standard InChI is InChI=1S/C20H25N3O/c1-16-8-7-11-20-19(16)15-21-23(20)24-13-12-18(22(2)3)14-17-9-5-4-6-10-17/h4-11,15,18H,12-14H2,1-3H3. The second-order valence-corrected chi connectivity index (χ2v) is 6.45. The van der Waals surface area contributed by atoms with Crippen LogP contribution in [0.2, 0.25) is 0 Å². The van der Waals surface area contributed by atoms with Crippen molar-refractivity contribution in [3.8, 4) is 0 Å². The minimum atomic E-state index is 0.441. The summed E-state index contributed by atoms with van der Waals surface area (Å²) in [5.74, 6) is 0. The van der Waals surface area contributed by atoms with Gasteiger partial charge >= 0.3 is 0 Å². The lowest BCUT2D eigenvalue weighted by molar-refractivity contribution is 0.0755. The Balaban J connectivity index is 1.61. The zero-order valence-corrected chi connectivity index (χ0v) is 14.6. The molecule has 24 heavy (non-hydrogen) atoms. The molecule has 3 rings (SSSR count). The van der Waals surface area contributed by atoms with Crippen LogP contribution in [0.4, 0.5) is 0 Å². The molecule has 3 aromatic rings. The third-order valence-electron chi connectivity index (χ3n) is 4.51. The van der Waals surface area contributed by atoms with E-state index in [9.17, 15) is 0 Å². The lowest BCUT2D eigenvalue weighted by Crippen LogP contribution is -2.32. The molecule has 4 nitrogen and oxygen atoms in total. The highest BCUT2D eigenvalue weighted by molar-refractivity contribution is 5.81. The first kappa shape index (κ1) is 16.5. The van der Waals surface area contributed by atoms with E-state index in [1.54, 1.807) is 4.85 Å². The van der Waals surface area contributed by atoms with Gasteiger partial charge in [0.1, 0.15) is 12.1 Å². The fourth-order valence-corrected chi connectivity index (χ4v) is 2.98. The van der Waals surface area contributed by atoms with Crippen LogP contribution < -0.4 is 4.84 Å². The Bertz CT molecular complexity index is 780. The quantitative estimate of drug-likeness (QED) is 0.668. The van der Waals surface area contributed by atoms with Crippen molar-refractivity contribution >= 4 is 10.9 Å². The Morgan fingerprint density at radius 1 is 1.08 bits per heavy atom. The number of hydrogen-bond acceptors (Lipinski definition) is 3. The van der Waals surface area contributed by atoms with Crippen molar-refractivity contribution in [2.24, 2.45) is 0 Å². The number of rotatable bonds is 7. The highest BCUT2D eigenvalue weighted by atomic mass is 16.7. The summed E-state index contributed by atoms with van der Waals surface area (Å²) in [5, 5.41) is 5.51. The van der Waals surface area contributed by atoms with Gasteiger partial charge in [0.15, 0.2) is 0 Å². The molecule has 0 aliphatic rings. The minimum absolute atomic E-state index is 0.441. The van der Waals surface area contributed by atoms with Gasteiger partial charge in [-0.1, -0.05) is 47.3 Å². The fourth-order valence-electron chi connectivity index (χ4n) is 2.98. The van der Waals surface area contributed by atoms with Crippen molar-refractivity contribution in [2.45, 2.75) is 25.8 Å². The van der Waals surface area contributed by atoms with Crippen molar-refractivity contribution in [1.29, 1.82) is 0 Å². The van der Waals surface area contributed by atoms with Crippen LogP contribution in [0.5, 0.6) is 0 Å². The summed E-state index contributed by atoms with van der Waals surface area (Å²) in [4.78, 5) is 9.83. The summed E-state index contributed by atoms with van der Waals surface area (Å²) in [6.45, 7) is 2.73. The molecule has 126 valence electrons. The molecule has 0 saturated carbocycles. The number of nitrogens with zero attached hydrogens (tertiary/aromatic N) is 3. The molecule has 0 saturated heterocycles. The van der Waals surface area contributed by atoms with Crippen molar-refractivity contribution in [3.05, 3.63) is 65.9 Å². The van der Waals surface area contributed by atoms with Crippen LogP contribution >= 0.6 is 0 Å². The van der Waals surface area contributed by atoms with Crippen LogP contribution in [0.25, 0.3) is 10.9 Å². The summed E-state index contributed by atoms with van der Waals surface area (Å²) >= 11 is 0. The molecule has 4 heteroatoms. The van der Waals surface area contributed by atoms with E-state index in [-0.39, 0.29) is 0 Å². The van der Waals surface area contributed by atoms with E-state index in [0.717, 1.165) is 23.7 Å². The number of hydrogen-bond donors (Lipinski definition) is 0. The summed E-state index contributed by atoms with van der Waals surface area (Å²) in [6, 6.07) is 17.2. The Morgan fingerprint density at radius 2 is 1.88 bits per heavy atom. The molecule has 0 N–H and O–H groups in total. The molecule has 1 heterocycles. The van der Waals surface area contributed by atoms with Gasteiger partial charge in [-0.3, -0.25) is 0 Å². The maximum atomic E-state index is 5.91. The van der Waals surface area contributed by atoms with Crippen molar-refractivity contribution in [3.63, 3.8) is 0 Å². The van der Waals surface area contributed by atoms with Crippen LogP contribution in [-0.2, 0) is 6.42 Å². The van der Waals surface area contributed by atoms with E-state index in [4.69, 9.17) is 4.84 Å². The Morgan fingerprint density at radius 3 is 2.62 bits per heavy atom. The molecule has 1 unspecified atom stereocenters. The molecule has 0 amide bonds. The predicted molar refractivity (Wildman–Crippen MR) is 98.2 cm³/mol. The first-order valence-corrected chi connectivity index (χ1v) is 8.42. The predicted octanol–water partition coefficient (Wildman–Crippen LogP) is 3.34. The number of aryl methyl sites for hydroxylation is 1. The Labute approximate surface area is 143 Å². The third-order valence-corrected chi connectivity index (χ3v) is 4.51. The van der Waals surface area contributed by atoms with E-state index in [0.29, 0.717) is 12.6 Å². The van der Waals surface area contributed by atoms with Gasteiger partial charge in [0.2, 0.25) is 0 Å². The molecule has 0 spiro atoms. The number of likely N-dealkylation sites (N-methyl/N-ethyl adjacent to an activating group) is 1. The average Bonchev–Trinajstić information content (AvgIpc) is 2.99. The highest BCUT2D eigenvalue weighted by Gasteiger charge is 2.13. The topological polar surface area (TPSA) is 30.3 Å². The first-order valence-electron chi connectivity index (χ1n) is 8.42. The van der Waals surface area contributed by atoms with E-state index in [2.05, 4.69) is 67.4 Å². The van der Waals surface area contributed by atoms with Crippen molar-refractivity contribution in [1.82, 2.24) is 14.8 Å². The average molecular weight is 323 g/mol. The van der Waals surface area contributed by atoms with Gasteiger partial charge in [-0.15, -0.1) is 5.10 Å². The maximum Gasteiger partial charge on any atom is 0.118 e. The Kier molecular flexibility index (Phi) is 5.16.